The van der Waals surface area contributed by atoms with E-state index in [0.29, 0.717) is 0 Å². The first-order chi connectivity index (χ1) is 9.55. The fraction of sp³-hybridized carbons (Fsp3) is 0.294. The molecule has 3 heteroatoms. The summed E-state index contributed by atoms with van der Waals surface area (Å²) in [7, 11) is 0. The fourth-order valence-electron chi connectivity index (χ4n) is 2.42. The van der Waals surface area contributed by atoms with Crippen molar-refractivity contribution in [2.75, 3.05) is 0 Å². The molecule has 0 saturated heterocycles. The van der Waals surface area contributed by atoms with Crippen LogP contribution in [0.25, 0.3) is 0 Å². The van der Waals surface area contributed by atoms with E-state index in [4.69, 9.17) is 22.2 Å². The Morgan fingerprint density at radius 1 is 1.00 bits per heavy atom. The molecule has 0 nitrogen and oxygen atoms in total. The minimum absolute atomic E-state index is 1.05. The molecular formula is C17H20Cl2Si. The van der Waals surface area contributed by atoms with Gasteiger partial charge in [-0.25, -0.2) is 0 Å². The molecule has 20 heavy (non-hydrogen) atoms. The quantitative estimate of drug-likeness (QED) is 0.566. The molecule has 0 atom stereocenters. The van der Waals surface area contributed by atoms with Gasteiger partial charge in [0.05, 0.1) is 0 Å². The van der Waals surface area contributed by atoms with Gasteiger partial charge in [0.2, 0.25) is 0 Å². The first-order valence-corrected chi connectivity index (χ1v) is 11.1. The number of aryl methyl sites for hydroxylation is 2. The molecule has 2 aromatic rings. The summed E-state index contributed by atoms with van der Waals surface area (Å²) in [4.78, 5) is 0. The smallest absolute Gasteiger partial charge is 0.134 e. The standard InChI is InChI=1S/C17H20Cl2Si/c1-3-4-8-15-11-12-17(14(2)13-15)20(18,19)16-9-6-5-7-10-16/h5-7,9-13H,3-4,8H2,1-2H3. The van der Waals surface area contributed by atoms with Gasteiger partial charge in [0, 0.05) is 0 Å². The van der Waals surface area contributed by atoms with Crippen LogP contribution in [-0.2, 0) is 6.42 Å². The fourth-order valence-corrected chi connectivity index (χ4v) is 6.23. The molecule has 0 aromatic heterocycles. The van der Waals surface area contributed by atoms with Gasteiger partial charge in [-0.1, -0.05) is 61.9 Å². The van der Waals surface area contributed by atoms with E-state index in [9.17, 15) is 0 Å². The van der Waals surface area contributed by atoms with Crippen LogP contribution in [0.1, 0.15) is 30.9 Å². The van der Waals surface area contributed by atoms with E-state index < -0.39 is 6.69 Å². The lowest BCUT2D eigenvalue weighted by atomic mass is 10.1. The Morgan fingerprint density at radius 2 is 1.70 bits per heavy atom. The Bertz CT molecular complexity index is 564. The predicted molar refractivity (Wildman–Crippen MR) is 93.0 cm³/mol. The average molecular weight is 323 g/mol. The van der Waals surface area contributed by atoms with Crippen LogP contribution in [0.3, 0.4) is 0 Å². The van der Waals surface area contributed by atoms with Gasteiger partial charge in [0.25, 0.3) is 0 Å². The van der Waals surface area contributed by atoms with Gasteiger partial charge in [-0.2, -0.15) is 0 Å². The average Bonchev–Trinajstić information content (AvgIpc) is 2.46. The molecule has 0 aliphatic heterocycles. The second kappa shape index (κ2) is 6.80. The molecule has 0 heterocycles. The summed E-state index contributed by atoms with van der Waals surface area (Å²) in [5, 5.41) is 2.15. The van der Waals surface area contributed by atoms with Crippen molar-refractivity contribution in [3.63, 3.8) is 0 Å². The van der Waals surface area contributed by atoms with Crippen molar-refractivity contribution in [1.29, 1.82) is 0 Å². The number of unbranched alkanes of at least 4 members (excludes halogenated alkanes) is 1. The highest BCUT2D eigenvalue weighted by atomic mass is 35.7. The number of halogens is 2. The minimum atomic E-state index is -2.61. The molecule has 0 bridgehead atoms. The second-order valence-electron chi connectivity index (χ2n) is 5.19. The van der Waals surface area contributed by atoms with E-state index in [2.05, 4.69) is 32.0 Å². The van der Waals surface area contributed by atoms with Crippen LogP contribution in [0.5, 0.6) is 0 Å². The third-order valence-corrected chi connectivity index (χ3v) is 8.41. The minimum Gasteiger partial charge on any atom is -0.134 e. The molecule has 0 radical (unpaired) electrons. The molecule has 0 fully saturated rings. The molecule has 106 valence electrons. The maximum Gasteiger partial charge on any atom is 0.310 e. The van der Waals surface area contributed by atoms with Gasteiger partial charge < -0.3 is 0 Å². The van der Waals surface area contributed by atoms with Crippen molar-refractivity contribution in [3.8, 4) is 0 Å². The zero-order chi connectivity index (χ0) is 14.6. The van der Waals surface area contributed by atoms with Crippen LogP contribution < -0.4 is 10.4 Å². The molecule has 0 saturated carbocycles. The SMILES string of the molecule is CCCCc1ccc([Si](Cl)(Cl)c2ccccc2)c(C)c1. The summed E-state index contributed by atoms with van der Waals surface area (Å²) in [6.45, 7) is 1.72. The van der Waals surface area contributed by atoms with Gasteiger partial charge in [-0.3, -0.25) is 0 Å². The van der Waals surface area contributed by atoms with Crippen molar-refractivity contribution in [2.45, 2.75) is 33.1 Å². The molecule has 0 aliphatic rings. The zero-order valence-electron chi connectivity index (χ0n) is 12.0. The number of benzene rings is 2. The van der Waals surface area contributed by atoms with E-state index in [0.717, 1.165) is 16.8 Å². The Labute approximate surface area is 132 Å². The Hall–Kier alpha value is -0.763. The van der Waals surface area contributed by atoms with Crippen molar-refractivity contribution >= 4 is 39.2 Å². The summed E-state index contributed by atoms with van der Waals surface area (Å²) >= 11 is 13.5. The Balaban J connectivity index is 2.33. The van der Waals surface area contributed by atoms with Gasteiger partial charge >= 0.3 is 6.69 Å². The van der Waals surface area contributed by atoms with Gasteiger partial charge in [-0.05, 0) is 41.3 Å². The normalized spacial score (nSPS) is 11.6. The second-order valence-corrected chi connectivity index (χ2v) is 11.4. The van der Waals surface area contributed by atoms with E-state index in [1.54, 1.807) is 0 Å². The molecule has 2 rings (SSSR count). The topological polar surface area (TPSA) is 0 Å². The highest BCUT2D eigenvalue weighted by Gasteiger charge is 2.34. The van der Waals surface area contributed by atoms with E-state index in [1.165, 1.54) is 24.0 Å². The van der Waals surface area contributed by atoms with Crippen LogP contribution in [0, 0.1) is 6.92 Å². The number of rotatable bonds is 5. The largest absolute Gasteiger partial charge is 0.310 e. The summed E-state index contributed by atoms with van der Waals surface area (Å²) in [6, 6.07) is 16.6. The summed E-state index contributed by atoms with van der Waals surface area (Å²) in [6.07, 6.45) is 3.57. The third-order valence-electron chi connectivity index (χ3n) is 3.58. The summed E-state index contributed by atoms with van der Waals surface area (Å²) < 4.78 is 0. The van der Waals surface area contributed by atoms with Crippen LogP contribution >= 0.6 is 22.2 Å². The lowest BCUT2D eigenvalue weighted by molar-refractivity contribution is 0.795. The molecule has 0 unspecified atom stereocenters. The van der Waals surface area contributed by atoms with Crippen molar-refractivity contribution < 1.29 is 0 Å². The van der Waals surface area contributed by atoms with Crippen LogP contribution in [-0.4, -0.2) is 6.69 Å². The maximum atomic E-state index is 6.75. The van der Waals surface area contributed by atoms with Crippen molar-refractivity contribution in [2.24, 2.45) is 0 Å². The molecule has 0 spiro atoms. The first-order valence-electron chi connectivity index (χ1n) is 7.09. The van der Waals surface area contributed by atoms with E-state index in [-0.39, 0.29) is 0 Å². The van der Waals surface area contributed by atoms with Gasteiger partial charge in [-0.15, -0.1) is 22.2 Å². The van der Waals surface area contributed by atoms with Crippen LogP contribution in [0.15, 0.2) is 48.5 Å². The van der Waals surface area contributed by atoms with Gasteiger partial charge in [0.15, 0.2) is 0 Å². The molecule has 0 N–H and O–H groups in total. The summed E-state index contributed by atoms with van der Waals surface area (Å²) in [5.41, 5.74) is 2.58. The highest BCUT2D eigenvalue weighted by molar-refractivity contribution is 7.56. The predicted octanol–water partition coefficient (Wildman–Crippen LogP) is 4.37. The molecule has 0 amide bonds. The van der Waals surface area contributed by atoms with Crippen molar-refractivity contribution in [1.82, 2.24) is 0 Å². The van der Waals surface area contributed by atoms with E-state index >= 15 is 0 Å². The monoisotopic (exact) mass is 322 g/mol. The molecule has 2 aromatic carbocycles. The number of hydrogen-bond donors (Lipinski definition) is 0. The van der Waals surface area contributed by atoms with E-state index in [1.807, 2.05) is 30.3 Å². The Kier molecular flexibility index (Phi) is 5.31. The van der Waals surface area contributed by atoms with Gasteiger partial charge in [0.1, 0.15) is 0 Å². The Morgan fingerprint density at radius 3 is 2.30 bits per heavy atom. The lowest BCUT2D eigenvalue weighted by Gasteiger charge is -2.20. The first kappa shape index (κ1) is 15.6. The molecule has 0 aliphatic carbocycles. The number of hydrogen-bond acceptors (Lipinski definition) is 0. The van der Waals surface area contributed by atoms with Crippen LogP contribution in [0.2, 0.25) is 0 Å². The van der Waals surface area contributed by atoms with Crippen molar-refractivity contribution in [3.05, 3.63) is 59.7 Å². The third kappa shape index (κ3) is 3.46. The maximum absolute atomic E-state index is 6.75. The highest BCUT2D eigenvalue weighted by Crippen LogP contribution is 2.18. The lowest BCUT2D eigenvalue weighted by Crippen LogP contribution is -2.49. The summed E-state index contributed by atoms with van der Waals surface area (Å²) in [5.74, 6) is 0. The zero-order valence-corrected chi connectivity index (χ0v) is 14.5. The molecular weight excluding hydrogens is 303 g/mol. The van der Waals surface area contributed by atoms with Crippen LogP contribution in [0.4, 0.5) is 0 Å².